The number of benzene rings is 2. The highest BCUT2D eigenvalue weighted by atomic mass is 32.2. The second-order valence-corrected chi connectivity index (χ2v) is 10.1. The summed E-state index contributed by atoms with van der Waals surface area (Å²) in [5.41, 5.74) is 2.14. The molecule has 0 aliphatic carbocycles. The van der Waals surface area contributed by atoms with Crippen LogP contribution in [-0.4, -0.2) is 56.8 Å². The fourth-order valence-corrected chi connectivity index (χ4v) is 4.69. The van der Waals surface area contributed by atoms with E-state index in [1.165, 1.54) is 11.8 Å². The molecule has 9 nitrogen and oxygen atoms in total. The van der Waals surface area contributed by atoms with E-state index in [-0.39, 0.29) is 25.0 Å². The average Bonchev–Trinajstić information content (AvgIpc) is 3.29. The van der Waals surface area contributed by atoms with Gasteiger partial charge in [-0.15, -0.1) is 0 Å². The number of fused-ring (bicyclic) bond motifs is 1. The third-order valence-electron chi connectivity index (χ3n) is 5.74. The van der Waals surface area contributed by atoms with Gasteiger partial charge in [-0.3, -0.25) is 13.9 Å². The topological polar surface area (TPSA) is 105 Å². The number of carbonyl (C=O) groups is 2. The van der Waals surface area contributed by atoms with Crippen LogP contribution in [0.5, 0.6) is 11.5 Å². The van der Waals surface area contributed by atoms with Gasteiger partial charge in [0.2, 0.25) is 28.6 Å². The van der Waals surface area contributed by atoms with Gasteiger partial charge in [0.1, 0.15) is 12.6 Å². The molecule has 0 bridgehead atoms. The summed E-state index contributed by atoms with van der Waals surface area (Å²) < 4.78 is 37.7. The largest absolute Gasteiger partial charge is 0.454 e. The van der Waals surface area contributed by atoms with Crippen LogP contribution in [0.25, 0.3) is 0 Å². The molecule has 0 unspecified atom stereocenters. The van der Waals surface area contributed by atoms with Crippen molar-refractivity contribution >= 4 is 27.5 Å². The van der Waals surface area contributed by atoms with Crippen LogP contribution in [0, 0.1) is 6.92 Å². The van der Waals surface area contributed by atoms with Crippen molar-refractivity contribution in [2.75, 3.05) is 29.9 Å². The average molecular weight is 490 g/mol. The second kappa shape index (κ2) is 10.8. The molecule has 3 rings (SSSR count). The first-order valence-corrected chi connectivity index (χ1v) is 12.8. The van der Waals surface area contributed by atoms with Crippen molar-refractivity contribution in [1.82, 2.24) is 10.2 Å². The van der Waals surface area contributed by atoms with Crippen LogP contribution in [-0.2, 0) is 26.2 Å². The maximum atomic E-state index is 13.6. The zero-order valence-electron chi connectivity index (χ0n) is 19.9. The van der Waals surface area contributed by atoms with Gasteiger partial charge < -0.3 is 19.7 Å². The molecule has 0 fully saturated rings. The van der Waals surface area contributed by atoms with E-state index in [9.17, 15) is 18.0 Å². The maximum absolute atomic E-state index is 13.6. The van der Waals surface area contributed by atoms with Crippen LogP contribution < -0.4 is 19.1 Å². The maximum Gasteiger partial charge on any atom is 0.244 e. The zero-order valence-corrected chi connectivity index (χ0v) is 20.7. The lowest BCUT2D eigenvalue weighted by molar-refractivity contribution is -0.139. The Morgan fingerprint density at radius 2 is 1.79 bits per heavy atom. The molecule has 0 aromatic heterocycles. The van der Waals surface area contributed by atoms with Gasteiger partial charge in [-0.25, -0.2) is 8.42 Å². The predicted molar refractivity (Wildman–Crippen MR) is 129 cm³/mol. The highest BCUT2D eigenvalue weighted by Crippen LogP contribution is 2.36. The molecule has 10 heteroatoms. The quantitative estimate of drug-likeness (QED) is 0.550. The third kappa shape index (κ3) is 5.61. The summed E-state index contributed by atoms with van der Waals surface area (Å²) in [5, 5.41) is 2.74. The van der Waals surface area contributed by atoms with E-state index in [4.69, 9.17) is 9.47 Å². The summed E-state index contributed by atoms with van der Waals surface area (Å²) in [6.45, 7) is 7.07. The second-order valence-electron chi connectivity index (χ2n) is 7.96. The SMILES string of the molecule is CCNC(=O)[C@@H](C)N(Cc1ccccc1C)C(=O)CN(c1ccc2c(c1)OCO2)S(=O)(=O)CC. The number of nitrogens with one attached hydrogen (secondary N) is 1. The zero-order chi connectivity index (χ0) is 24.9. The standard InChI is InChI=1S/C24H31N3O6S/c1-5-25-24(29)18(4)26(14-19-10-8-7-9-17(19)3)23(28)15-27(34(30,31)6-2)20-11-12-21-22(13-20)33-16-32-21/h7-13,18H,5-6,14-16H2,1-4H3,(H,25,29)/t18-/m1/s1. The van der Waals surface area contributed by atoms with Crippen LogP contribution in [0.3, 0.4) is 0 Å². The monoisotopic (exact) mass is 489 g/mol. The van der Waals surface area contributed by atoms with Gasteiger partial charge in [0.15, 0.2) is 11.5 Å². The Labute approximate surface area is 200 Å². The molecule has 0 radical (unpaired) electrons. The number of amides is 2. The summed E-state index contributed by atoms with van der Waals surface area (Å²) in [5.74, 6) is -0.0731. The summed E-state index contributed by atoms with van der Waals surface area (Å²) in [6.07, 6.45) is 0. The van der Waals surface area contributed by atoms with Crippen molar-refractivity contribution in [2.24, 2.45) is 0 Å². The Morgan fingerprint density at radius 3 is 2.47 bits per heavy atom. The first-order valence-electron chi connectivity index (χ1n) is 11.2. The van der Waals surface area contributed by atoms with Gasteiger partial charge in [0.25, 0.3) is 0 Å². The summed E-state index contributed by atoms with van der Waals surface area (Å²) >= 11 is 0. The molecular weight excluding hydrogens is 458 g/mol. The van der Waals surface area contributed by atoms with Crippen LogP contribution in [0.15, 0.2) is 42.5 Å². The highest BCUT2D eigenvalue weighted by Gasteiger charge is 2.31. The van der Waals surface area contributed by atoms with Crippen molar-refractivity contribution < 1.29 is 27.5 Å². The fraction of sp³-hybridized carbons (Fsp3) is 0.417. The van der Waals surface area contributed by atoms with E-state index in [2.05, 4.69) is 5.32 Å². The van der Waals surface area contributed by atoms with Gasteiger partial charge >= 0.3 is 0 Å². The summed E-state index contributed by atoms with van der Waals surface area (Å²) in [7, 11) is -3.81. The number of nitrogens with zero attached hydrogens (tertiary/aromatic N) is 2. The number of carbonyl (C=O) groups excluding carboxylic acids is 2. The molecule has 0 spiro atoms. The minimum absolute atomic E-state index is 0.0481. The number of anilines is 1. The number of hydrogen-bond donors (Lipinski definition) is 1. The van der Waals surface area contributed by atoms with E-state index in [0.717, 1.165) is 15.4 Å². The molecule has 184 valence electrons. The number of ether oxygens (including phenoxy) is 2. The number of likely N-dealkylation sites (N-methyl/N-ethyl adjacent to an activating group) is 1. The van der Waals surface area contributed by atoms with E-state index < -0.39 is 28.5 Å². The van der Waals surface area contributed by atoms with Gasteiger partial charge in [0.05, 0.1) is 11.4 Å². The Kier molecular flexibility index (Phi) is 8.03. The van der Waals surface area contributed by atoms with E-state index in [1.807, 2.05) is 31.2 Å². The van der Waals surface area contributed by atoms with Crippen molar-refractivity contribution in [1.29, 1.82) is 0 Å². The Hall–Kier alpha value is -3.27. The van der Waals surface area contributed by atoms with Gasteiger partial charge in [0, 0.05) is 19.2 Å². The minimum atomic E-state index is -3.81. The molecule has 1 atom stereocenters. The number of sulfonamides is 1. The first-order chi connectivity index (χ1) is 16.2. The Bertz CT molecular complexity index is 1150. The molecule has 2 amide bonds. The molecule has 0 saturated carbocycles. The Balaban J connectivity index is 1.95. The molecule has 1 aliphatic heterocycles. The molecule has 1 heterocycles. The lowest BCUT2D eigenvalue weighted by Gasteiger charge is -2.32. The van der Waals surface area contributed by atoms with Crippen LogP contribution in [0.1, 0.15) is 31.9 Å². The smallest absolute Gasteiger partial charge is 0.244 e. The molecule has 1 N–H and O–H groups in total. The van der Waals surface area contributed by atoms with Gasteiger partial charge in [-0.2, -0.15) is 0 Å². The van der Waals surface area contributed by atoms with Crippen LogP contribution >= 0.6 is 0 Å². The van der Waals surface area contributed by atoms with Crippen LogP contribution in [0.2, 0.25) is 0 Å². The first kappa shape index (κ1) is 25.4. The van der Waals surface area contributed by atoms with E-state index in [1.54, 1.807) is 32.0 Å². The molecule has 1 aliphatic rings. The summed E-state index contributed by atoms with van der Waals surface area (Å²) in [6, 6.07) is 11.5. The van der Waals surface area contributed by atoms with E-state index in [0.29, 0.717) is 23.7 Å². The molecule has 2 aromatic carbocycles. The highest BCUT2D eigenvalue weighted by molar-refractivity contribution is 7.92. The third-order valence-corrected chi connectivity index (χ3v) is 7.48. The number of aryl methyl sites for hydroxylation is 1. The van der Waals surface area contributed by atoms with Gasteiger partial charge in [-0.05, 0) is 51.0 Å². The lowest BCUT2D eigenvalue weighted by atomic mass is 10.1. The number of rotatable bonds is 10. The molecular formula is C24H31N3O6S. The minimum Gasteiger partial charge on any atom is -0.454 e. The molecule has 0 saturated heterocycles. The predicted octanol–water partition coefficient (Wildman–Crippen LogP) is 2.43. The van der Waals surface area contributed by atoms with Crippen molar-refractivity contribution in [3.63, 3.8) is 0 Å². The van der Waals surface area contributed by atoms with Gasteiger partial charge in [-0.1, -0.05) is 24.3 Å². The van der Waals surface area contributed by atoms with Crippen molar-refractivity contribution in [2.45, 2.75) is 40.3 Å². The molecule has 34 heavy (non-hydrogen) atoms. The number of hydrogen-bond acceptors (Lipinski definition) is 6. The fourth-order valence-electron chi connectivity index (χ4n) is 3.64. The van der Waals surface area contributed by atoms with Crippen molar-refractivity contribution in [3.05, 3.63) is 53.6 Å². The van der Waals surface area contributed by atoms with E-state index >= 15 is 0 Å². The molecule has 2 aromatic rings. The lowest BCUT2D eigenvalue weighted by Crippen LogP contribution is -2.51. The summed E-state index contributed by atoms with van der Waals surface area (Å²) in [4.78, 5) is 27.6. The normalized spacial score (nSPS) is 13.3. The Morgan fingerprint density at radius 1 is 1.09 bits per heavy atom. The van der Waals surface area contributed by atoms with Crippen LogP contribution in [0.4, 0.5) is 5.69 Å². The van der Waals surface area contributed by atoms with Crippen molar-refractivity contribution in [3.8, 4) is 11.5 Å².